The third kappa shape index (κ3) is 2.95. The Kier molecular flexibility index (Phi) is 3.73. The Morgan fingerprint density at radius 3 is 3.06 bits per heavy atom. The van der Waals surface area contributed by atoms with Crippen molar-refractivity contribution < 1.29 is 9.59 Å². The van der Waals surface area contributed by atoms with Gasteiger partial charge in [-0.1, -0.05) is 0 Å². The summed E-state index contributed by atoms with van der Waals surface area (Å²) >= 11 is 0. The lowest BCUT2D eigenvalue weighted by Gasteiger charge is -2.23. The number of carbonyl (C=O) groups is 2. The molecule has 1 unspecified atom stereocenters. The number of nitrogen functional groups attached to an aromatic ring is 1. The van der Waals surface area contributed by atoms with Gasteiger partial charge in [0.25, 0.3) is 5.91 Å². The number of rotatable bonds is 3. The van der Waals surface area contributed by atoms with Crippen LogP contribution >= 0.6 is 0 Å². The van der Waals surface area contributed by atoms with Crippen molar-refractivity contribution in [3.63, 3.8) is 0 Å². The van der Waals surface area contributed by atoms with Crippen LogP contribution in [0, 0.1) is 0 Å². The van der Waals surface area contributed by atoms with Gasteiger partial charge in [-0.3, -0.25) is 20.4 Å². The minimum atomic E-state index is -0.270. The highest BCUT2D eigenvalue weighted by atomic mass is 16.2. The minimum absolute atomic E-state index is 0.0213. The van der Waals surface area contributed by atoms with Crippen molar-refractivity contribution in [2.45, 2.75) is 18.9 Å². The van der Waals surface area contributed by atoms with Gasteiger partial charge in [0.05, 0.1) is 5.69 Å². The predicted octanol–water partition coefficient (Wildman–Crippen LogP) is -0.624. The fraction of sp³-hybridized carbons (Fsp3) is 0.364. The summed E-state index contributed by atoms with van der Waals surface area (Å²) in [5, 5.41) is 5.53. The zero-order valence-corrected chi connectivity index (χ0v) is 9.77. The molecule has 0 spiro atoms. The van der Waals surface area contributed by atoms with Crippen molar-refractivity contribution in [2.24, 2.45) is 5.84 Å². The molecular weight excluding hydrogens is 234 g/mol. The van der Waals surface area contributed by atoms with E-state index in [-0.39, 0.29) is 17.9 Å². The van der Waals surface area contributed by atoms with E-state index in [0.29, 0.717) is 30.8 Å². The van der Waals surface area contributed by atoms with Gasteiger partial charge in [-0.25, -0.2) is 0 Å². The van der Waals surface area contributed by atoms with Crippen LogP contribution in [-0.4, -0.2) is 29.4 Å². The second-order valence-corrected chi connectivity index (χ2v) is 4.09. The lowest BCUT2D eigenvalue weighted by molar-refractivity contribution is -0.122. The smallest absolute Gasteiger partial charge is 0.270 e. The number of anilines is 1. The van der Waals surface area contributed by atoms with E-state index < -0.39 is 0 Å². The van der Waals surface area contributed by atoms with Crippen LogP contribution in [0.15, 0.2) is 18.3 Å². The van der Waals surface area contributed by atoms with Crippen LogP contribution in [0.1, 0.15) is 23.3 Å². The Morgan fingerprint density at radius 1 is 1.56 bits per heavy atom. The predicted molar refractivity (Wildman–Crippen MR) is 65.5 cm³/mol. The number of pyridine rings is 1. The molecule has 5 N–H and O–H groups in total. The van der Waals surface area contributed by atoms with E-state index in [4.69, 9.17) is 5.84 Å². The molecule has 0 radical (unpaired) electrons. The quantitative estimate of drug-likeness (QED) is 0.421. The molecular formula is C11H15N5O2. The molecule has 7 heteroatoms. The first-order valence-electron chi connectivity index (χ1n) is 5.69. The van der Waals surface area contributed by atoms with Crippen LogP contribution in [-0.2, 0) is 4.79 Å². The summed E-state index contributed by atoms with van der Waals surface area (Å²) in [6, 6.07) is 3.18. The summed E-state index contributed by atoms with van der Waals surface area (Å²) < 4.78 is 0. The topological polar surface area (TPSA) is 109 Å². The number of hydrogen-bond donors (Lipinski definition) is 4. The van der Waals surface area contributed by atoms with Crippen LogP contribution in [0.5, 0.6) is 0 Å². The van der Waals surface area contributed by atoms with E-state index in [1.807, 2.05) is 0 Å². The summed E-state index contributed by atoms with van der Waals surface area (Å²) in [4.78, 5) is 26.9. The lowest BCUT2D eigenvalue weighted by atomic mass is 10.1. The summed E-state index contributed by atoms with van der Waals surface area (Å²) in [5.41, 5.74) is 3.37. The molecule has 1 atom stereocenters. The van der Waals surface area contributed by atoms with E-state index in [0.717, 1.165) is 0 Å². The fourth-order valence-corrected chi connectivity index (χ4v) is 1.76. The number of nitrogens with zero attached hydrogens (tertiary/aromatic N) is 1. The molecule has 96 valence electrons. The number of piperidine rings is 1. The zero-order valence-electron chi connectivity index (χ0n) is 9.77. The molecule has 2 heterocycles. The SMILES string of the molecule is NNc1ccnc(C(=O)NC2CCC(=O)NC2)c1. The molecule has 2 rings (SSSR count). The van der Waals surface area contributed by atoms with Crippen molar-refractivity contribution in [2.75, 3.05) is 12.0 Å². The summed E-state index contributed by atoms with van der Waals surface area (Å²) in [5.74, 6) is 5.01. The molecule has 1 saturated heterocycles. The average molecular weight is 249 g/mol. The molecule has 0 aromatic carbocycles. The molecule has 18 heavy (non-hydrogen) atoms. The lowest BCUT2D eigenvalue weighted by Crippen LogP contribution is -2.47. The molecule has 1 fully saturated rings. The van der Waals surface area contributed by atoms with E-state index in [1.165, 1.54) is 6.20 Å². The normalized spacial score (nSPS) is 18.9. The molecule has 1 aromatic rings. The zero-order chi connectivity index (χ0) is 13.0. The van der Waals surface area contributed by atoms with Crippen molar-refractivity contribution in [1.29, 1.82) is 0 Å². The van der Waals surface area contributed by atoms with E-state index in [1.54, 1.807) is 12.1 Å². The van der Waals surface area contributed by atoms with E-state index >= 15 is 0 Å². The Bertz CT molecular complexity index is 453. The second kappa shape index (κ2) is 5.46. The van der Waals surface area contributed by atoms with Gasteiger partial charge in [-0.15, -0.1) is 0 Å². The molecule has 0 saturated carbocycles. The minimum Gasteiger partial charge on any atom is -0.354 e. The van der Waals surface area contributed by atoms with Gasteiger partial charge in [-0.2, -0.15) is 0 Å². The Balaban J connectivity index is 1.96. The number of nitrogens with one attached hydrogen (secondary N) is 3. The van der Waals surface area contributed by atoms with Crippen LogP contribution in [0.4, 0.5) is 5.69 Å². The van der Waals surface area contributed by atoms with Gasteiger partial charge in [0.2, 0.25) is 5.91 Å². The Labute approximate surface area is 104 Å². The van der Waals surface area contributed by atoms with Gasteiger partial charge in [-0.05, 0) is 18.6 Å². The van der Waals surface area contributed by atoms with Gasteiger partial charge in [0.1, 0.15) is 5.69 Å². The number of hydrogen-bond acceptors (Lipinski definition) is 5. The maximum absolute atomic E-state index is 11.9. The molecule has 2 amide bonds. The van der Waals surface area contributed by atoms with Crippen molar-refractivity contribution in [3.8, 4) is 0 Å². The fourth-order valence-electron chi connectivity index (χ4n) is 1.76. The van der Waals surface area contributed by atoms with Crippen molar-refractivity contribution >= 4 is 17.5 Å². The highest BCUT2D eigenvalue weighted by molar-refractivity contribution is 5.93. The average Bonchev–Trinajstić information content (AvgIpc) is 2.41. The number of aromatic nitrogens is 1. The summed E-state index contributed by atoms with van der Waals surface area (Å²) in [7, 11) is 0. The van der Waals surface area contributed by atoms with Crippen LogP contribution < -0.4 is 21.9 Å². The molecule has 1 aliphatic rings. The second-order valence-electron chi connectivity index (χ2n) is 4.09. The molecule has 0 aliphatic carbocycles. The van der Waals surface area contributed by atoms with E-state index in [9.17, 15) is 9.59 Å². The van der Waals surface area contributed by atoms with Gasteiger partial charge >= 0.3 is 0 Å². The third-order valence-electron chi connectivity index (χ3n) is 2.76. The van der Waals surface area contributed by atoms with Crippen molar-refractivity contribution in [1.82, 2.24) is 15.6 Å². The van der Waals surface area contributed by atoms with Gasteiger partial charge < -0.3 is 16.1 Å². The highest BCUT2D eigenvalue weighted by Gasteiger charge is 2.20. The maximum Gasteiger partial charge on any atom is 0.270 e. The van der Waals surface area contributed by atoms with Crippen LogP contribution in [0.2, 0.25) is 0 Å². The van der Waals surface area contributed by atoms with Crippen molar-refractivity contribution in [3.05, 3.63) is 24.0 Å². The highest BCUT2D eigenvalue weighted by Crippen LogP contribution is 2.08. The Hall–Kier alpha value is -2.15. The maximum atomic E-state index is 11.9. The number of nitrogens with two attached hydrogens (primary N) is 1. The largest absolute Gasteiger partial charge is 0.354 e. The van der Waals surface area contributed by atoms with Gasteiger partial charge in [0.15, 0.2) is 0 Å². The van der Waals surface area contributed by atoms with E-state index in [2.05, 4.69) is 21.0 Å². The molecule has 7 nitrogen and oxygen atoms in total. The first-order chi connectivity index (χ1) is 8.69. The van der Waals surface area contributed by atoms with Crippen LogP contribution in [0.25, 0.3) is 0 Å². The number of amides is 2. The summed E-state index contributed by atoms with van der Waals surface area (Å²) in [6.45, 7) is 0.458. The number of carbonyl (C=O) groups excluding carboxylic acids is 2. The summed E-state index contributed by atoms with van der Waals surface area (Å²) in [6.07, 6.45) is 2.59. The number of hydrazine groups is 1. The standard InChI is InChI=1S/C11H15N5O2/c12-16-7-3-4-13-9(5-7)11(18)15-8-1-2-10(17)14-6-8/h3-5,8H,1-2,6,12H2,(H,13,16)(H,14,17)(H,15,18). The molecule has 1 aliphatic heterocycles. The Morgan fingerprint density at radius 2 is 2.39 bits per heavy atom. The van der Waals surface area contributed by atoms with Crippen LogP contribution in [0.3, 0.4) is 0 Å². The molecule has 1 aromatic heterocycles. The monoisotopic (exact) mass is 249 g/mol. The van der Waals surface area contributed by atoms with Gasteiger partial charge in [0, 0.05) is 25.2 Å². The molecule has 0 bridgehead atoms. The third-order valence-corrected chi connectivity index (χ3v) is 2.76. The first-order valence-corrected chi connectivity index (χ1v) is 5.69. The first kappa shape index (κ1) is 12.3.